The topological polar surface area (TPSA) is 0 Å². The van der Waals surface area contributed by atoms with Crippen LogP contribution < -0.4 is 0 Å². The molecule has 0 saturated heterocycles. The number of rotatable bonds is 2. The van der Waals surface area contributed by atoms with Gasteiger partial charge < -0.3 is 0 Å². The molecule has 100 valence electrons. The van der Waals surface area contributed by atoms with E-state index in [1.165, 1.54) is 24.3 Å². The second-order valence-corrected chi connectivity index (χ2v) is 4.29. The van der Waals surface area contributed by atoms with Crippen molar-refractivity contribution in [1.82, 2.24) is 0 Å². The number of benzene rings is 2. The molecule has 2 rings (SSSR count). The average Bonchev–Trinajstić information content (AvgIpc) is 2.38. The summed E-state index contributed by atoms with van der Waals surface area (Å²) in [6.07, 6.45) is -4.41. The first-order valence-electron chi connectivity index (χ1n) is 5.44. The van der Waals surface area contributed by atoms with Gasteiger partial charge in [0.2, 0.25) is 0 Å². The Morgan fingerprint density at radius 1 is 0.947 bits per heavy atom. The van der Waals surface area contributed by atoms with Crippen molar-refractivity contribution in [2.75, 3.05) is 0 Å². The van der Waals surface area contributed by atoms with Crippen LogP contribution in [0.2, 0.25) is 0 Å². The molecule has 2 aromatic carbocycles. The molecule has 0 aliphatic heterocycles. The monoisotopic (exact) mass is 288 g/mol. The van der Waals surface area contributed by atoms with Gasteiger partial charge >= 0.3 is 6.18 Å². The zero-order valence-corrected chi connectivity index (χ0v) is 10.4. The largest absolute Gasteiger partial charge is 0.416 e. The number of halogens is 5. The maximum Gasteiger partial charge on any atom is 0.416 e. The summed E-state index contributed by atoms with van der Waals surface area (Å²) in [6, 6.07) is 8.99. The first-order valence-corrected chi connectivity index (χ1v) is 5.97. The van der Waals surface area contributed by atoms with Gasteiger partial charge in [0, 0.05) is 5.56 Å². The minimum absolute atomic E-state index is 0.0225. The second-order valence-electron chi connectivity index (χ2n) is 4.02. The molecule has 0 bridgehead atoms. The van der Waals surface area contributed by atoms with E-state index in [2.05, 4.69) is 0 Å². The predicted octanol–water partition coefficient (Wildman–Crippen LogP) is 5.25. The van der Waals surface area contributed by atoms with Crippen LogP contribution in [0.3, 0.4) is 0 Å². The van der Waals surface area contributed by atoms with Crippen molar-refractivity contribution in [3.05, 3.63) is 59.4 Å². The molecule has 0 spiro atoms. The third-order valence-electron chi connectivity index (χ3n) is 2.72. The number of alkyl halides is 4. The molecule has 19 heavy (non-hydrogen) atoms. The van der Waals surface area contributed by atoms with Gasteiger partial charge in [-0.1, -0.05) is 24.3 Å². The van der Waals surface area contributed by atoms with Crippen molar-refractivity contribution in [2.24, 2.45) is 0 Å². The smallest absolute Gasteiger partial charge is 0.207 e. The van der Waals surface area contributed by atoms with Gasteiger partial charge in [-0.05, 0) is 29.3 Å². The molecule has 0 unspecified atom stereocenters. The van der Waals surface area contributed by atoms with Crippen LogP contribution in [0, 0.1) is 5.82 Å². The van der Waals surface area contributed by atoms with Gasteiger partial charge in [-0.25, -0.2) is 4.39 Å². The highest BCUT2D eigenvalue weighted by Gasteiger charge is 2.30. The minimum atomic E-state index is -4.41. The minimum Gasteiger partial charge on any atom is -0.207 e. The Labute approximate surface area is 112 Å². The average molecular weight is 289 g/mol. The van der Waals surface area contributed by atoms with E-state index < -0.39 is 17.6 Å². The first-order chi connectivity index (χ1) is 8.91. The Morgan fingerprint density at radius 3 is 2.21 bits per heavy atom. The Kier molecular flexibility index (Phi) is 3.80. The summed E-state index contributed by atoms with van der Waals surface area (Å²) in [4.78, 5) is 0. The van der Waals surface area contributed by atoms with Crippen LogP contribution in [0.15, 0.2) is 42.5 Å². The van der Waals surface area contributed by atoms with Gasteiger partial charge in [0.25, 0.3) is 0 Å². The molecule has 5 heteroatoms. The van der Waals surface area contributed by atoms with E-state index in [-0.39, 0.29) is 5.88 Å². The second kappa shape index (κ2) is 5.21. The molecular formula is C14H9ClF4. The Balaban J connectivity index is 2.45. The molecule has 0 aliphatic rings. The Bertz CT molecular complexity index is 590. The standard InChI is InChI=1S/C14H9ClF4/c15-8-11-5-4-10(7-13(11)16)9-2-1-3-12(6-9)14(17,18)19/h1-7H,8H2. The molecule has 0 saturated carbocycles. The van der Waals surface area contributed by atoms with E-state index >= 15 is 0 Å². The van der Waals surface area contributed by atoms with E-state index in [1.54, 1.807) is 6.07 Å². The van der Waals surface area contributed by atoms with Gasteiger partial charge in [-0.2, -0.15) is 13.2 Å². The highest BCUT2D eigenvalue weighted by atomic mass is 35.5. The summed E-state index contributed by atoms with van der Waals surface area (Å²) in [5, 5.41) is 0. The third kappa shape index (κ3) is 3.07. The zero-order chi connectivity index (χ0) is 14.0. The highest BCUT2D eigenvalue weighted by molar-refractivity contribution is 6.17. The van der Waals surface area contributed by atoms with Crippen molar-refractivity contribution in [1.29, 1.82) is 0 Å². The molecule has 0 heterocycles. The summed E-state index contributed by atoms with van der Waals surface area (Å²) in [7, 11) is 0. The maximum atomic E-state index is 13.6. The molecule has 0 aromatic heterocycles. The summed E-state index contributed by atoms with van der Waals surface area (Å²) in [5.74, 6) is -0.501. The summed E-state index contributed by atoms with van der Waals surface area (Å²) in [5.41, 5.74) is 0.261. The lowest BCUT2D eigenvalue weighted by Gasteiger charge is -2.09. The zero-order valence-electron chi connectivity index (χ0n) is 9.64. The van der Waals surface area contributed by atoms with Crippen LogP contribution >= 0.6 is 11.6 Å². The normalized spacial score (nSPS) is 11.6. The van der Waals surface area contributed by atoms with E-state index in [1.807, 2.05) is 0 Å². The van der Waals surface area contributed by atoms with Crippen molar-refractivity contribution in [2.45, 2.75) is 12.1 Å². The lowest BCUT2D eigenvalue weighted by Crippen LogP contribution is -2.04. The van der Waals surface area contributed by atoms with Crippen LogP contribution in [-0.4, -0.2) is 0 Å². The van der Waals surface area contributed by atoms with Gasteiger partial charge in [-0.15, -0.1) is 11.6 Å². The molecule has 0 amide bonds. The summed E-state index contributed by atoms with van der Waals surface area (Å²) < 4.78 is 51.3. The van der Waals surface area contributed by atoms with E-state index in [9.17, 15) is 17.6 Å². The summed E-state index contributed by atoms with van der Waals surface area (Å²) >= 11 is 5.53. The van der Waals surface area contributed by atoms with Crippen LogP contribution in [0.1, 0.15) is 11.1 Å². The fourth-order valence-corrected chi connectivity index (χ4v) is 1.93. The van der Waals surface area contributed by atoms with Crippen LogP contribution in [0.4, 0.5) is 17.6 Å². The van der Waals surface area contributed by atoms with Crippen LogP contribution in [0.25, 0.3) is 11.1 Å². The van der Waals surface area contributed by atoms with Crippen molar-refractivity contribution in [3.63, 3.8) is 0 Å². The lowest BCUT2D eigenvalue weighted by molar-refractivity contribution is -0.137. The lowest BCUT2D eigenvalue weighted by atomic mass is 10.0. The molecule has 0 N–H and O–H groups in total. The predicted molar refractivity (Wildman–Crippen MR) is 66.4 cm³/mol. The van der Waals surface area contributed by atoms with Gasteiger partial charge in [-0.3, -0.25) is 0 Å². The molecule has 0 nitrogen and oxygen atoms in total. The van der Waals surface area contributed by atoms with E-state index in [4.69, 9.17) is 11.6 Å². The fraction of sp³-hybridized carbons (Fsp3) is 0.143. The van der Waals surface area contributed by atoms with Crippen LogP contribution in [0.5, 0.6) is 0 Å². The van der Waals surface area contributed by atoms with Gasteiger partial charge in [0.05, 0.1) is 11.4 Å². The molecule has 2 aromatic rings. The van der Waals surface area contributed by atoms with Gasteiger partial charge in [0.15, 0.2) is 0 Å². The molecule has 0 fully saturated rings. The molecule has 0 atom stereocenters. The Hall–Kier alpha value is -1.55. The van der Waals surface area contributed by atoms with Crippen LogP contribution in [-0.2, 0) is 12.1 Å². The summed E-state index contributed by atoms with van der Waals surface area (Å²) in [6.45, 7) is 0. The van der Waals surface area contributed by atoms with Crippen molar-refractivity contribution in [3.8, 4) is 11.1 Å². The number of hydrogen-bond donors (Lipinski definition) is 0. The van der Waals surface area contributed by atoms with Crippen molar-refractivity contribution >= 4 is 11.6 Å². The van der Waals surface area contributed by atoms with E-state index in [0.29, 0.717) is 16.7 Å². The fourth-order valence-electron chi connectivity index (χ4n) is 1.71. The van der Waals surface area contributed by atoms with E-state index in [0.717, 1.165) is 12.1 Å². The highest BCUT2D eigenvalue weighted by Crippen LogP contribution is 2.32. The first kappa shape index (κ1) is 13.9. The third-order valence-corrected chi connectivity index (χ3v) is 3.01. The molecule has 0 aliphatic carbocycles. The molecule has 0 radical (unpaired) electrons. The number of hydrogen-bond acceptors (Lipinski definition) is 0. The molecular weight excluding hydrogens is 280 g/mol. The van der Waals surface area contributed by atoms with Crippen molar-refractivity contribution < 1.29 is 17.6 Å². The van der Waals surface area contributed by atoms with Gasteiger partial charge in [0.1, 0.15) is 5.82 Å². The maximum absolute atomic E-state index is 13.6. The Morgan fingerprint density at radius 2 is 1.63 bits per heavy atom. The quantitative estimate of drug-likeness (QED) is 0.523. The SMILES string of the molecule is Fc1cc(-c2cccc(C(F)(F)F)c2)ccc1CCl.